The van der Waals surface area contributed by atoms with Crippen LogP contribution in [0, 0.1) is 5.82 Å². The van der Waals surface area contributed by atoms with Gasteiger partial charge in [-0.05, 0) is 54.6 Å². The molecule has 2 aromatic carbocycles. The van der Waals surface area contributed by atoms with Gasteiger partial charge < -0.3 is 4.74 Å². The van der Waals surface area contributed by atoms with E-state index in [0.29, 0.717) is 24.1 Å². The second-order valence-electron chi connectivity index (χ2n) is 5.42. The van der Waals surface area contributed by atoms with E-state index in [9.17, 15) is 18.8 Å². The van der Waals surface area contributed by atoms with Crippen molar-refractivity contribution in [2.45, 2.75) is 11.7 Å². The molecule has 136 valence electrons. The van der Waals surface area contributed by atoms with Gasteiger partial charge in [-0.15, -0.1) is 0 Å². The average molecular weight is 375 g/mol. The first-order valence-corrected chi connectivity index (χ1v) is 9.09. The molecule has 0 bridgehead atoms. The van der Waals surface area contributed by atoms with E-state index in [2.05, 4.69) is 5.32 Å². The van der Waals surface area contributed by atoms with Gasteiger partial charge in [0.25, 0.3) is 0 Å². The Kier molecular flexibility index (Phi) is 7.35. The number of amides is 2. The maximum absolute atomic E-state index is 12.9. The van der Waals surface area contributed by atoms with Crippen LogP contribution in [0.15, 0.2) is 48.5 Å². The fourth-order valence-corrected chi connectivity index (χ4v) is 2.88. The summed E-state index contributed by atoms with van der Waals surface area (Å²) in [6.07, 6.45) is 2.64. The van der Waals surface area contributed by atoms with E-state index in [1.807, 2.05) is 0 Å². The third-order valence-electron chi connectivity index (χ3n) is 3.66. The number of Topliss-reactive ketones (excluding diaryl/α,β-unsaturated/α-hetero) is 1. The van der Waals surface area contributed by atoms with Crippen molar-refractivity contribution in [3.8, 4) is 5.75 Å². The molecule has 0 radical (unpaired) electrons. The molecule has 0 fully saturated rings. The number of thioether (sulfide) groups is 1. The lowest BCUT2D eigenvalue weighted by Gasteiger charge is -2.12. The molecule has 0 spiro atoms. The summed E-state index contributed by atoms with van der Waals surface area (Å²) in [5, 5.41) is 1.79. The number of nitrogens with one attached hydrogen (secondary N) is 1. The smallest absolute Gasteiger partial charge is 0.239 e. The summed E-state index contributed by atoms with van der Waals surface area (Å²) in [5.41, 5.74) is 1.29. The van der Waals surface area contributed by atoms with Crippen LogP contribution in [0.4, 0.5) is 4.39 Å². The highest BCUT2D eigenvalue weighted by molar-refractivity contribution is 7.99. The molecule has 0 saturated carbocycles. The number of ketones is 1. The van der Waals surface area contributed by atoms with E-state index in [0.717, 1.165) is 5.56 Å². The van der Waals surface area contributed by atoms with E-state index in [1.54, 1.807) is 30.5 Å². The Hall–Kier alpha value is -2.67. The van der Waals surface area contributed by atoms with Crippen LogP contribution in [0.2, 0.25) is 0 Å². The number of carbonyl (C=O) groups excluding carboxylic acids is 3. The zero-order chi connectivity index (χ0) is 18.9. The molecule has 0 aliphatic heterocycles. The highest BCUT2D eigenvalue weighted by atomic mass is 32.2. The maximum atomic E-state index is 12.9. The van der Waals surface area contributed by atoms with Crippen LogP contribution < -0.4 is 10.1 Å². The van der Waals surface area contributed by atoms with Crippen molar-refractivity contribution in [2.75, 3.05) is 12.9 Å². The molecular formula is C19H18FNO4S. The number of halogens is 1. The summed E-state index contributed by atoms with van der Waals surface area (Å²) in [5.74, 6) is -0.467. The number of hydrogen-bond donors (Lipinski definition) is 1. The molecule has 1 unspecified atom stereocenters. The number of rotatable bonds is 9. The lowest BCUT2D eigenvalue weighted by Crippen LogP contribution is -2.32. The van der Waals surface area contributed by atoms with Crippen LogP contribution in [0.1, 0.15) is 15.9 Å². The summed E-state index contributed by atoms with van der Waals surface area (Å²) < 4.78 is 18.3. The third kappa shape index (κ3) is 5.70. The molecule has 2 aromatic rings. The van der Waals surface area contributed by atoms with E-state index >= 15 is 0 Å². The molecule has 0 aromatic heterocycles. The topological polar surface area (TPSA) is 72.5 Å². The van der Waals surface area contributed by atoms with Gasteiger partial charge >= 0.3 is 0 Å². The molecule has 1 N–H and O–H groups in total. The monoisotopic (exact) mass is 375 g/mol. The van der Waals surface area contributed by atoms with Crippen LogP contribution in [-0.4, -0.2) is 36.2 Å². The van der Waals surface area contributed by atoms with Crippen molar-refractivity contribution < 1.29 is 23.5 Å². The molecular weight excluding hydrogens is 357 g/mol. The molecule has 7 heteroatoms. The largest absolute Gasteiger partial charge is 0.485 e. The third-order valence-corrected chi connectivity index (χ3v) is 4.61. The number of carbonyl (C=O) groups is 3. The minimum absolute atomic E-state index is 0.153. The van der Waals surface area contributed by atoms with Gasteiger partial charge in [0, 0.05) is 5.56 Å². The Labute approximate surface area is 154 Å². The van der Waals surface area contributed by atoms with Crippen LogP contribution in [0.5, 0.6) is 5.75 Å². The van der Waals surface area contributed by atoms with E-state index in [-0.39, 0.29) is 23.5 Å². The Bertz CT molecular complexity index is 762. The first-order chi connectivity index (χ1) is 12.5. The first kappa shape index (κ1) is 19.7. The number of hydrogen-bond acceptors (Lipinski definition) is 5. The van der Waals surface area contributed by atoms with Gasteiger partial charge in [-0.3, -0.25) is 19.7 Å². The molecule has 0 saturated heterocycles. The van der Waals surface area contributed by atoms with Gasteiger partial charge in [0.15, 0.2) is 12.4 Å². The Morgan fingerprint density at radius 3 is 2.38 bits per heavy atom. The second kappa shape index (κ2) is 9.72. The molecule has 1 atom stereocenters. The minimum atomic E-state index is -0.400. The highest BCUT2D eigenvalue weighted by Gasteiger charge is 2.17. The van der Waals surface area contributed by atoms with Gasteiger partial charge in [0.05, 0.1) is 5.25 Å². The van der Waals surface area contributed by atoms with E-state index in [4.69, 9.17) is 4.74 Å². The number of benzene rings is 2. The van der Waals surface area contributed by atoms with E-state index < -0.39 is 5.82 Å². The van der Waals surface area contributed by atoms with Crippen molar-refractivity contribution in [3.63, 3.8) is 0 Å². The quantitative estimate of drug-likeness (QED) is 0.539. The summed E-state index contributed by atoms with van der Waals surface area (Å²) in [6.45, 7) is -0.153. The van der Waals surface area contributed by atoms with Gasteiger partial charge in [-0.25, -0.2) is 4.39 Å². The Morgan fingerprint density at radius 2 is 1.81 bits per heavy atom. The maximum Gasteiger partial charge on any atom is 0.239 e. The highest BCUT2D eigenvalue weighted by Crippen LogP contribution is 2.18. The molecule has 0 aliphatic rings. The van der Waals surface area contributed by atoms with Crippen LogP contribution in [-0.2, 0) is 16.0 Å². The summed E-state index contributed by atoms with van der Waals surface area (Å²) in [4.78, 5) is 34.1. The number of ether oxygens (including phenoxy) is 1. The Balaban J connectivity index is 1.90. The molecule has 2 amide bonds. The van der Waals surface area contributed by atoms with Crippen LogP contribution in [0.25, 0.3) is 0 Å². The van der Waals surface area contributed by atoms with Crippen molar-refractivity contribution in [2.24, 2.45) is 0 Å². The Morgan fingerprint density at radius 1 is 1.15 bits per heavy atom. The van der Waals surface area contributed by atoms with Gasteiger partial charge in [0.1, 0.15) is 11.6 Å². The second-order valence-corrected chi connectivity index (χ2v) is 6.46. The first-order valence-electron chi connectivity index (χ1n) is 7.81. The summed E-state index contributed by atoms with van der Waals surface area (Å²) >= 11 is 1.36. The van der Waals surface area contributed by atoms with Crippen molar-refractivity contribution in [3.05, 3.63) is 65.5 Å². The number of imide groups is 1. The van der Waals surface area contributed by atoms with Gasteiger partial charge in [0.2, 0.25) is 12.3 Å². The molecule has 0 aliphatic carbocycles. The van der Waals surface area contributed by atoms with Crippen molar-refractivity contribution in [1.82, 2.24) is 5.32 Å². The fraction of sp³-hybridized carbons (Fsp3) is 0.211. The van der Waals surface area contributed by atoms with Gasteiger partial charge in [-0.2, -0.15) is 11.8 Å². The van der Waals surface area contributed by atoms with Crippen LogP contribution >= 0.6 is 11.8 Å². The average Bonchev–Trinajstić information content (AvgIpc) is 2.65. The SMILES string of the molecule is CSC(Cc1ccc(OCC(=O)c2ccc(F)cc2)cc1)C(=O)NC=O. The predicted octanol–water partition coefficient (Wildman–Crippen LogP) is 2.63. The standard InChI is InChI=1S/C19H18FNO4S/c1-26-18(19(24)21-12-22)10-13-2-8-16(9-3-13)25-11-17(23)14-4-6-15(20)7-5-14/h2-9,12,18H,10-11H2,1H3,(H,21,22,24). The molecule has 0 heterocycles. The fourth-order valence-electron chi connectivity index (χ4n) is 2.24. The summed E-state index contributed by atoms with van der Waals surface area (Å²) in [7, 11) is 0. The lowest BCUT2D eigenvalue weighted by atomic mass is 10.1. The zero-order valence-electron chi connectivity index (χ0n) is 14.1. The minimum Gasteiger partial charge on any atom is -0.485 e. The van der Waals surface area contributed by atoms with Gasteiger partial charge in [-0.1, -0.05) is 12.1 Å². The zero-order valence-corrected chi connectivity index (χ0v) is 14.9. The predicted molar refractivity (Wildman–Crippen MR) is 97.9 cm³/mol. The normalized spacial score (nSPS) is 11.5. The summed E-state index contributed by atoms with van der Waals surface area (Å²) in [6, 6.07) is 12.3. The lowest BCUT2D eigenvalue weighted by molar-refractivity contribution is -0.124. The van der Waals surface area contributed by atoms with Crippen LogP contribution in [0.3, 0.4) is 0 Å². The van der Waals surface area contributed by atoms with Crippen molar-refractivity contribution in [1.29, 1.82) is 0 Å². The molecule has 26 heavy (non-hydrogen) atoms. The molecule has 5 nitrogen and oxygen atoms in total. The molecule has 2 rings (SSSR count). The van der Waals surface area contributed by atoms with E-state index in [1.165, 1.54) is 36.0 Å². The van der Waals surface area contributed by atoms with Crippen molar-refractivity contribution >= 4 is 29.9 Å².